The molecule has 328 valence electrons. The summed E-state index contributed by atoms with van der Waals surface area (Å²) in [6.45, 7) is 12.3. The van der Waals surface area contributed by atoms with Gasteiger partial charge in [0.25, 0.3) is 11.8 Å². The Morgan fingerprint density at radius 2 is 1.57 bits per heavy atom. The number of piperidine rings is 3. The average molecular weight is 834 g/mol. The van der Waals surface area contributed by atoms with Crippen LogP contribution in [-0.4, -0.2) is 133 Å². The van der Waals surface area contributed by atoms with Gasteiger partial charge in [0.15, 0.2) is 18.3 Å². The molecule has 16 heteroatoms. The third-order valence-corrected chi connectivity index (χ3v) is 11.6. The van der Waals surface area contributed by atoms with Crippen molar-refractivity contribution in [1.82, 2.24) is 29.9 Å². The Morgan fingerprint density at radius 3 is 2.25 bits per heavy atom. The lowest BCUT2D eigenvalue weighted by Crippen LogP contribution is -2.51. The summed E-state index contributed by atoms with van der Waals surface area (Å²) in [4.78, 5) is 84.0. The second-order valence-electron chi connectivity index (χ2n) is 16.1. The molecule has 60 heavy (non-hydrogen) atoms. The van der Waals surface area contributed by atoms with Gasteiger partial charge in [-0.25, -0.2) is 14.4 Å². The average Bonchev–Trinajstić information content (AvgIpc) is 3.56. The van der Waals surface area contributed by atoms with Gasteiger partial charge in [-0.3, -0.25) is 19.4 Å². The number of likely N-dealkylation sites (N-methyl/N-ethyl adjacent to an activating group) is 1. The maximum absolute atomic E-state index is 13.7. The third-order valence-electron chi connectivity index (χ3n) is 11.6. The van der Waals surface area contributed by atoms with E-state index in [4.69, 9.17) is 13.9 Å². The van der Waals surface area contributed by atoms with Crippen LogP contribution in [0.3, 0.4) is 0 Å². The highest BCUT2D eigenvalue weighted by atomic mass is 16.6. The van der Waals surface area contributed by atoms with E-state index >= 15 is 0 Å². The number of urea groups is 1. The molecule has 0 spiro atoms. The van der Waals surface area contributed by atoms with Crippen LogP contribution in [-0.2, 0) is 36.7 Å². The predicted octanol–water partition coefficient (Wildman–Crippen LogP) is 4.93. The van der Waals surface area contributed by atoms with Gasteiger partial charge in [0.05, 0.1) is 11.4 Å². The van der Waals surface area contributed by atoms with Crippen molar-refractivity contribution in [3.05, 3.63) is 63.6 Å². The molecule has 16 nitrogen and oxygen atoms in total. The van der Waals surface area contributed by atoms with Crippen molar-refractivity contribution in [1.29, 1.82) is 0 Å². The normalized spacial score (nSPS) is 18.1. The maximum Gasteiger partial charge on any atom is 0.417 e. The lowest BCUT2D eigenvalue weighted by molar-refractivity contribution is -0.155. The smallest absolute Gasteiger partial charge is 0.417 e. The molecule has 3 aromatic rings. The van der Waals surface area contributed by atoms with E-state index in [1.165, 1.54) is 4.90 Å². The van der Waals surface area contributed by atoms with Crippen molar-refractivity contribution in [2.75, 3.05) is 71.8 Å². The highest BCUT2D eigenvalue weighted by Gasteiger charge is 2.35. The number of aromatic nitrogens is 1. The molecule has 0 radical (unpaired) electrons. The number of amides is 5. The first-order chi connectivity index (χ1) is 28.9. The Kier molecular flexibility index (Phi) is 16.6. The summed E-state index contributed by atoms with van der Waals surface area (Å²) in [5.41, 5.74) is 4.55. The Labute approximate surface area is 352 Å². The van der Waals surface area contributed by atoms with E-state index in [0.717, 1.165) is 67.6 Å². The van der Waals surface area contributed by atoms with Crippen molar-refractivity contribution >= 4 is 46.7 Å². The molecule has 3 fully saturated rings. The van der Waals surface area contributed by atoms with Gasteiger partial charge >= 0.3 is 23.8 Å². The molecular formula is C44H63N7O9. The summed E-state index contributed by atoms with van der Waals surface area (Å²) < 4.78 is 16.2. The summed E-state index contributed by atoms with van der Waals surface area (Å²) in [7, 11) is 3.28. The van der Waals surface area contributed by atoms with Gasteiger partial charge in [-0.15, -0.1) is 0 Å². The van der Waals surface area contributed by atoms with Gasteiger partial charge in [0.2, 0.25) is 0 Å². The minimum atomic E-state index is -1.00. The number of rotatable bonds is 8. The van der Waals surface area contributed by atoms with E-state index in [9.17, 15) is 28.8 Å². The SMILES string of the molecule is CC.CN(C)C(=O)COC(=O)C1CCNCC1.Cc1cc(C[C@@H](OC(=O)N2CCC(N3CCc4ccccc4NC3=O)CC2)C(=O)N2CCC(C)CC2)cc2oc(=O)[nH]c12. The fourth-order valence-electron chi connectivity index (χ4n) is 7.97. The number of esters is 1. The molecule has 4 aliphatic rings. The minimum Gasteiger partial charge on any atom is -0.455 e. The molecule has 1 aromatic heterocycles. The number of anilines is 1. The van der Waals surface area contributed by atoms with Crippen molar-refractivity contribution < 1.29 is 37.9 Å². The number of carbonyl (C=O) groups excluding carboxylic acids is 5. The zero-order valence-electron chi connectivity index (χ0n) is 36.1. The molecule has 4 aliphatic heterocycles. The number of oxazole rings is 1. The summed E-state index contributed by atoms with van der Waals surface area (Å²) in [5, 5.41) is 6.20. The highest BCUT2D eigenvalue weighted by molar-refractivity contribution is 5.91. The summed E-state index contributed by atoms with van der Waals surface area (Å²) in [5.74, 6) is -0.662. The molecular weight excluding hydrogens is 771 g/mol. The molecule has 0 unspecified atom stereocenters. The predicted molar refractivity (Wildman–Crippen MR) is 228 cm³/mol. The van der Waals surface area contributed by atoms with Gasteiger partial charge in [-0.2, -0.15) is 0 Å². The number of nitrogens with zero attached hydrogens (tertiary/aromatic N) is 4. The number of hydrogen-bond donors (Lipinski definition) is 3. The van der Waals surface area contributed by atoms with E-state index in [2.05, 4.69) is 22.5 Å². The summed E-state index contributed by atoms with van der Waals surface area (Å²) >= 11 is 0. The molecule has 0 bridgehead atoms. The van der Waals surface area contributed by atoms with Gasteiger partial charge in [-0.1, -0.05) is 45.0 Å². The van der Waals surface area contributed by atoms with Gasteiger partial charge in [0.1, 0.15) is 0 Å². The number of nitrogens with one attached hydrogen (secondary N) is 3. The molecule has 5 heterocycles. The van der Waals surface area contributed by atoms with E-state index in [-0.39, 0.29) is 48.8 Å². The molecule has 5 amide bonds. The zero-order valence-corrected chi connectivity index (χ0v) is 36.1. The first kappa shape index (κ1) is 45.7. The highest BCUT2D eigenvalue weighted by Crippen LogP contribution is 2.26. The molecule has 3 saturated heterocycles. The monoisotopic (exact) mass is 833 g/mol. The number of H-pyrrole nitrogens is 1. The molecule has 7 rings (SSSR count). The summed E-state index contributed by atoms with van der Waals surface area (Å²) in [6, 6.07) is 11.4. The van der Waals surface area contributed by atoms with Crippen LogP contribution in [0.2, 0.25) is 0 Å². The lowest BCUT2D eigenvalue weighted by atomic mass is 9.98. The first-order valence-corrected chi connectivity index (χ1v) is 21.5. The van der Waals surface area contributed by atoms with Crippen LogP contribution in [0.25, 0.3) is 11.1 Å². The second kappa shape index (κ2) is 21.7. The number of fused-ring (bicyclic) bond motifs is 2. The Hall–Kier alpha value is -5.38. The molecule has 0 saturated carbocycles. The first-order valence-electron chi connectivity index (χ1n) is 21.5. The topological polar surface area (TPSA) is 187 Å². The maximum atomic E-state index is 13.7. The molecule has 2 aromatic carbocycles. The standard InChI is InChI=1S/C32H39N5O6.C10H18N2O3.C2H6/c1-20-7-12-35(13-8-20)29(38)27(19-22-17-21(2)28-26(18-22)42-31(40)34-28)43-32(41)36-14-10-24(11-15-36)37-16-9-23-5-3-4-6-25(23)33-30(37)39;1-12(2)9(13)7-15-10(14)8-3-5-11-6-4-8;1-2/h3-6,17-18,20,24,27H,7-16,19H2,1-2H3,(H,33,39)(H,34,40);8,11H,3-7H2,1-2H3;1-2H3/t27-;;/m1../s1. The molecule has 3 N–H and O–H groups in total. The largest absolute Gasteiger partial charge is 0.455 e. The Morgan fingerprint density at radius 1 is 0.900 bits per heavy atom. The zero-order chi connectivity index (χ0) is 43.3. The van der Waals surface area contributed by atoms with Crippen LogP contribution in [0.1, 0.15) is 76.0 Å². The fourth-order valence-corrected chi connectivity index (χ4v) is 7.97. The number of aryl methyl sites for hydroxylation is 1. The van der Waals surface area contributed by atoms with E-state index in [0.29, 0.717) is 62.6 Å². The number of aromatic amines is 1. The van der Waals surface area contributed by atoms with E-state index in [1.54, 1.807) is 30.0 Å². The van der Waals surface area contributed by atoms with Gasteiger partial charge in [0, 0.05) is 65.0 Å². The fraction of sp³-hybridized carbons (Fsp3) is 0.591. The van der Waals surface area contributed by atoms with Crippen molar-refractivity contribution in [2.45, 2.75) is 91.2 Å². The van der Waals surface area contributed by atoms with Crippen molar-refractivity contribution in [3.8, 4) is 0 Å². The number of ether oxygens (including phenoxy) is 2. The summed E-state index contributed by atoms with van der Waals surface area (Å²) in [6.07, 6.45) is 4.10. The van der Waals surface area contributed by atoms with Crippen LogP contribution in [0.4, 0.5) is 15.3 Å². The third kappa shape index (κ3) is 12.1. The van der Waals surface area contributed by atoms with E-state index < -0.39 is 18.0 Å². The van der Waals surface area contributed by atoms with Crippen LogP contribution < -0.4 is 16.4 Å². The van der Waals surface area contributed by atoms with Crippen molar-refractivity contribution in [2.24, 2.45) is 11.8 Å². The molecule has 1 atom stereocenters. The van der Waals surface area contributed by atoms with Crippen LogP contribution in [0.15, 0.2) is 45.6 Å². The number of para-hydroxylation sites is 1. The van der Waals surface area contributed by atoms with Crippen molar-refractivity contribution in [3.63, 3.8) is 0 Å². The Balaban J connectivity index is 0.000000339. The number of carbonyl (C=O) groups is 5. The number of hydrogen-bond acceptors (Lipinski definition) is 10. The van der Waals surface area contributed by atoms with Gasteiger partial charge in [-0.05, 0) is 99.7 Å². The second-order valence-corrected chi connectivity index (χ2v) is 16.1. The van der Waals surface area contributed by atoms with Crippen LogP contribution in [0, 0.1) is 18.8 Å². The lowest BCUT2D eigenvalue weighted by Gasteiger charge is -2.38. The number of likely N-dealkylation sites (tertiary alicyclic amines) is 2. The van der Waals surface area contributed by atoms with E-state index in [1.807, 2.05) is 56.0 Å². The minimum absolute atomic E-state index is 0.0110. The molecule has 0 aliphatic carbocycles. The van der Waals surface area contributed by atoms with Crippen LogP contribution >= 0.6 is 0 Å². The van der Waals surface area contributed by atoms with Crippen LogP contribution in [0.5, 0.6) is 0 Å². The number of benzene rings is 2. The van der Waals surface area contributed by atoms with Gasteiger partial charge < -0.3 is 44.1 Å². The quantitative estimate of drug-likeness (QED) is 0.263. The Bertz CT molecular complexity index is 1990.